The van der Waals surface area contributed by atoms with Crippen molar-refractivity contribution in [3.05, 3.63) is 46.0 Å². The number of aromatic carboxylic acids is 1. The van der Waals surface area contributed by atoms with E-state index in [0.29, 0.717) is 22.7 Å². The molecule has 1 aromatic carbocycles. The molecule has 2 N–H and O–H groups in total. The first-order valence-electron chi connectivity index (χ1n) is 5.80. The summed E-state index contributed by atoms with van der Waals surface area (Å²) in [6.07, 6.45) is 0. The highest BCUT2D eigenvalue weighted by molar-refractivity contribution is 6.01. The van der Waals surface area contributed by atoms with Gasteiger partial charge in [0.1, 0.15) is 0 Å². The van der Waals surface area contributed by atoms with Crippen molar-refractivity contribution in [3.8, 4) is 0 Å². The number of nitrogens with one attached hydrogen (secondary N) is 1. The Morgan fingerprint density at radius 1 is 1.50 bits per heavy atom. The number of H-pyrrole nitrogens is 1. The van der Waals surface area contributed by atoms with Gasteiger partial charge >= 0.3 is 11.7 Å². The predicted molar refractivity (Wildman–Crippen MR) is 67.7 cm³/mol. The quantitative estimate of drug-likeness (QED) is 0.729. The summed E-state index contributed by atoms with van der Waals surface area (Å²) in [5, 5.41) is 12.9. The minimum Gasteiger partial charge on any atom is -0.478 e. The molecule has 0 fully saturated rings. The number of para-hydroxylation sites is 1. The number of benzene rings is 1. The van der Waals surface area contributed by atoms with Gasteiger partial charge < -0.3 is 14.6 Å². The van der Waals surface area contributed by atoms with Gasteiger partial charge in [0.25, 0.3) is 0 Å². The maximum Gasteiger partial charge on any atom is 0.337 e. The maximum atomic E-state index is 12.0. The molecule has 0 atom stereocenters. The number of nitrogens with zero attached hydrogens (tertiary/aromatic N) is 3. The van der Waals surface area contributed by atoms with Gasteiger partial charge in [0.05, 0.1) is 23.1 Å². The summed E-state index contributed by atoms with van der Waals surface area (Å²) in [7, 11) is 0. The number of carboxylic acids is 1. The number of aryl methyl sites for hydroxylation is 1. The van der Waals surface area contributed by atoms with Crippen molar-refractivity contribution in [3.63, 3.8) is 0 Å². The first-order chi connectivity index (χ1) is 9.56. The maximum absolute atomic E-state index is 12.0. The number of rotatable bonds is 3. The van der Waals surface area contributed by atoms with Crippen LogP contribution in [-0.2, 0) is 6.54 Å². The summed E-state index contributed by atoms with van der Waals surface area (Å²) in [4.78, 5) is 29.8. The van der Waals surface area contributed by atoms with E-state index in [-0.39, 0.29) is 12.1 Å². The van der Waals surface area contributed by atoms with E-state index in [4.69, 9.17) is 4.52 Å². The van der Waals surface area contributed by atoms with Crippen molar-refractivity contribution in [1.82, 2.24) is 19.7 Å². The molecule has 0 aliphatic carbocycles. The molecule has 3 rings (SSSR count). The highest BCUT2D eigenvalue weighted by Crippen LogP contribution is 2.16. The van der Waals surface area contributed by atoms with E-state index < -0.39 is 11.7 Å². The molecule has 0 unspecified atom stereocenters. The van der Waals surface area contributed by atoms with E-state index in [1.54, 1.807) is 19.1 Å². The number of aromatic amines is 1. The molecule has 0 aliphatic rings. The lowest BCUT2D eigenvalue weighted by atomic mass is 10.2. The number of hydrogen-bond donors (Lipinski definition) is 2. The zero-order valence-corrected chi connectivity index (χ0v) is 10.5. The molecule has 102 valence electrons. The predicted octanol–water partition coefficient (Wildman–Crippen LogP) is 0.768. The van der Waals surface area contributed by atoms with Crippen LogP contribution in [-0.4, -0.2) is 30.8 Å². The number of aromatic nitrogens is 4. The summed E-state index contributed by atoms with van der Waals surface area (Å²) < 4.78 is 6.12. The van der Waals surface area contributed by atoms with Crippen molar-refractivity contribution in [2.45, 2.75) is 13.5 Å². The molecule has 2 aromatic heterocycles. The molecule has 20 heavy (non-hydrogen) atoms. The highest BCUT2D eigenvalue weighted by Gasteiger charge is 2.16. The largest absolute Gasteiger partial charge is 0.478 e. The number of hydrogen-bond acceptors (Lipinski definition) is 5. The second-order valence-corrected chi connectivity index (χ2v) is 4.25. The second kappa shape index (κ2) is 4.34. The van der Waals surface area contributed by atoms with Gasteiger partial charge in [-0.2, -0.15) is 4.98 Å². The van der Waals surface area contributed by atoms with Crippen LogP contribution in [0.25, 0.3) is 11.0 Å². The third kappa shape index (κ3) is 1.87. The average molecular weight is 274 g/mol. The average Bonchev–Trinajstić information content (AvgIpc) is 2.94. The van der Waals surface area contributed by atoms with E-state index >= 15 is 0 Å². The van der Waals surface area contributed by atoms with E-state index in [1.165, 1.54) is 10.6 Å². The van der Waals surface area contributed by atoms with Crippen molar-refractivity contribution in [2.24, 2.45) is 0 Å². The molecule has 8 nitrogen and oxygen atoms in total. The van der Waals surface area contributed by atoms with Crippen LogP contribution in [0.4, 0.5) is 0 Å². The fourth-order valence-corrected chi connectivity index (χ4v) is 2.09. The zero-order chi connectivity index (χ0) is 14.3. The van der Waals surface area contributed by atoms with E-state index in [9.17, 15) is 14.7 Å². The Bertz CT molecular complexity index is 858. The number of carbonyl (C=O) groups is 1. The van der Waals surface area contributed by atoms with Crippen LogP contribution in [0.5, 0.6) is 0 Å². The molecule has 0 amide bonds. The van der Waals surface area contributed by atoms with Crippen LogP contribution in [0.1, 0.15) is 22.1 Å². The van der Waals surface area contributed by atoms with E-state index in [0.717, 1.165) is 0 Å². The molecular formula is C12H10N4O4. The number of carboxylic acid groups (broad SMARTS) is 1. The van der Waals surface area contributed by atoms with Gasteiger partial charge in [-0.05, 0) is 12.1 Å². The van der Waals surface area contributed by atoms with Crippen LogP contribution < -0.4 is 5.69 Å². The Balaban J connectivity index is 2.21. The Morgan fingerprint density at radius 2 is 2.30 bits per heavy atom. The molecule has 0 bridgehead atoms. The summed E-state index contributed by atoms with van der Waals surface area (Å²) in [6.45, 7) is 1.68. The highest BCUT2D eigenvalue weighted by atomic mass is 16.5. The minimum atomic E-state index is -1.10. The molecule has 8 heteroatoms. The normalized spacial score (nSPS) is 11.1. The SMILES string of the molecule is Cc1nc(Cn2c(=O)[nH]c3cccc(C(=O)O)c32)no1. The Labute approximate surface area is 111 Å². The lowest BCUT2D eigenvalue weighted by Gasteiger charge is -2.02. The molecule has 0 saturated carbocycles. The molecular weight excluding hydrogens is 264 g/mol. The number of imidazole rings is 1. The van der Waals surface area contributed by atoms with Crippen LogP contribution in [0.15, 0.2) is 27.5 Å². The molecule has 0 saturated heterocycles. The van der Waals surface area contributed by atoms with Crippen LogP contribution >= 0.6 is 0 Å². The molecule has 0 spiro atoms. The van der Waals surface area contributed by atoms with Gasteiger partial charge in [0.15, 0.2) is 5.82 Å². The van der Waals surface area contributed by atoms with Gasteiger partial charge in [-0.3, -0.25) is 4.57 Å². The standard InChI is InChI=1S/C12H10N4O4/c1-6-13-9(15-20-6)5-16-10-7(11(17)18)3-2-4-8(10)14-12(16)19/h2-4H,5H2,1H3,(H,14,19)(H,17,18). The second-order valence-electron chi connectivity index (χ2n) is 4.25. The minimum absolute atomic E-state index is 0.0421. The molecule has 3 aromatic rings. The third-order valence-corrected chi connectivity index (χ3v) is 2.89. The van der Waals surface area contributed by atoms with Crippen LogP contribution in [0.3, 0.4) is 0 Å². The van der Waals surface area contributed by atoms with Crippen molar-refractivity contribution in [2.75, 3.05) is 0 Å². The van der Waals surface area contributed by atoms with Gasteiger partial charge in [-0.25, -0.2) is 9.59 Å². The van der Waals surface area contributed by atoms with E-state index in [2.05, 4.69) is 15.1 Å². The van der Waals surface area contributed by atoms with Crippen molar-refractivity contribution >= 4 is 17.0 Å². The summed E-state index contributed by atoms with van der Waals surface area (Å²) in [5.74, 6) is -0.412. The van der Waals surface area contributed by atoms with Crippen molar-refractivity contribution < 1.29 is 14.4 Å². The van der Waals surface area contributed by atoms with Crippen molar-refractivity contribution in [1.29, 1.82) is 0 Å². The van der Waals surface area contributed by atoms with Crippen LogP contribution in [0, 0.1) is 6.92 Å². The van der Waals surface area contributed by atoms with Gasteiger partial charge in [-0.15, -0.1) is 0 Å². The van der Waals surface area contributed by atoms with Gasteiger partial charge in [0, 0.05) is 6.92 Å². The Hall–Kier alpha value is -2.90. The van der Waals surface area contributed by atoms with Crippen LogP contribution in [0.2, 0.25) is 0 Å². The number of fused-ring (bicyclic) bond motifs is 1. The molecule has 0 aliphatic heterocycles. The topological polar surface area (TPSA) is 114 Å². The first kappa shape index (κ1) is 12.2. The smallest absolute Gasteiger partial charge is 0.337 e. The lowest BCUT2D eigenvalue weighted by Crippen LogP contribution is -2.19. The monoisotopic (exact) mass is 274 g/mol. The summed E-state index contributed by atoms with van der Waals surface area (Å²) in [6, 6.07) is 4.65. The third-order valence-electron chi connectivity index (χ3n) is 2.89. The summed E-state index contributed by atoms with van der Waals surface area (Å²) >= 11 is 0. The first-order valence-corrected chi connectivity index (χ1v) is 5.80. The van der Waals surface area contributed by atoms with Gasteiger partial charge in [-0.1, -0.05) is 11.2 Å². The fourth-order valence-electron chi connectivity index (χ4n) is 2.09. The molecule has 0 radical (unpaired) electrons. The van der Waals surface area contributed by atoms with Gasteiger partial charge in [0.2, 0.25) is 5.89 Å². The Kier molecular flexibility index (Phi) is 2.63. The lowest BCUT2D eigenvalue weighted by molar-refractivity contribution is 0.0698. The fraction of sp³-hybridized carbons (Fsp3) is 0.167. The van der Waals surface area contributed by atoms with E-state index in [1.807, 2.05) is 0 Å². The zero-order valence-electron chi connectivity index (χ0n) is 10.5. The summed E-state index contributed by atoms with van der Waals surface area (Å²) in [5.41, 5.74) is 0.389. The molecule has 2 heterocycles. The Morgan fingerprint density at radius 3 is 2.95 bits per heavy atom.